The quantitative estimate of drug-likeness (QED) is 0.749. The Morgan fingerprint density at radius 3 is 2.53 bits per heavy atom. The van der Waals surface area contributed by atoms with Gasteiger partial charge in [0.2, 0.25) is 5.91 Å². The van der Waals surface area contributed by atoms with E-state index >= 15 is 0 Å². The van der Waals surface area contributed by atoms with Gasteiger partial charge in [-0.25, -0.2) is 0 Å². The highest BCUT2D eigenvalue weighted by atomic mass is 32.2. The van der Waals surface area contributed by atoms with Gasteiger partial charge in [0, 0.05) is 17.2 Å². The Morgan fingerprint density at radius 2 is 2.20 bits per heavy atom. The maximum absolute atomic E-state index is 11.8. The summed E-state index contributed by atoms with van der Waals surface area (Å²) < 4.78 is 0. The molecule has 1 amide bonds. The van der Waals surface area contributed by atoms with Crippen LogP contribution in [-0.4, -0.2) is 35.2 Å². The van der Waals surface area contributed by atoms with Gasteiger partial charge in [0.15, 0.2) is 0 Å². The molecule has 0 aliphatic heterocycles. The third-order valence-corrected chi connectivity index (χ3v) is 4.40. The fraction of sp³-hybridized carbons (Fsp3) is 0.909. The summed E-state index contributed by atoms with van der Waals surface area (Å²) >= 11 is 1.59. The topological polar surface area (TPSA) is 49.3 Å². The van der Waals surface area contributed by atoms with E-state index in [9.17, 15) is 4.79 Å². The standard InChI is InChI=1S/C11H21NO2S/c1-7(9(6-13)15-4)12-10(14)8-5-11(8,2)3/h7-9,13H,5-6H2,1-4H3,(H,12,14). The van der Waals surface area contributed by atoms with E-state index in [1.165, 1.54) is 0 Å². The molecule has 0 saturated heterocycles. The van der Waals surface area contributed by atoms with Crippen LogP contribution in [0.15, 0.2) is 0 Å². The molecule has 1 aliphatic carbocycles. The second-order valence-electron chi connectivity index (χ2n) is 5.00. The van der Waals surface area contributed by atoms with E-state index in [0.717, 1.165) is 6.42 Å². The third kappa shape index (κ3) is 3.11. The Bertz CT molecular complexity index is 239. The van der Waals surface area contributed by atoms with E-state index in [1.807, 2.05) is 13.2 Å². The maximum Gasteiger partial charge on any atom is 0.223 e. The molecule has 3 atom stereocenters. The zero-order chi connectivity index (χ0) is 11.6. The Morgan fingerprint density at radius 1 is 1.67 bits per heavy atom. The summed E-state index contributed by atoms with van der Waals surface area (Å²) in [4.78, 5) is 11.8. The minimum atomic E-state index is 0.0360. The van der Waals surface area contributed by atoms with Crippen molar-refractivity contribution in [1.29, 1.82) is 0 Å². The first kappa shape index (κ1) is 12.8. The minimum Gasteiger partial charge on any atom is -0.395 e. The summed E-state index contributed by atoms with van der Waals surface area (Å²) in [5.74, 6) is 0.307. The zero-order valence-corrected chi connectivity index (χ0v) is 10.7. The SMILES string of the molecule is CSC(CO)C(C)NC(=O)C1CC1(C)C. The number of carbonyl (C=O) groups is 1. The molecule has 0 heterocycles. The molecular formula is C11H21NO2S. The van der Waals surface area contributed by atoms with Crippen molar-refractivity contribution in [3.8, 4) is 0 Å². The molecule has 1 fully saturated rings. The van der Waals surface area contributed by atoms with Crippen LogP contribution in [0.4, 0.5) is 0 Å². The van der Waals surface area contributed by atoms with Gasteiger partial charge in [0.1, 0.15) is 0 Å². The molecular weight excluding hydrogens is 210 g/mol. The van der Waals surface area contributed by atoms with E-state index < -0.39 is 0 Å². The zero-order valence-electron chi connectivity index (χ0n) is 9.91. The number of nitrogens with one attached hydrogen (secondary N) is 1. The number of carbonyl (C=O) groups excluding carboxylic acids is 1. The lowest BCUT2D eigenvalue weighted by molar-refractivity contribution is -0.123. The van der Waals surface area contributed by atoms with E-state index in [1.54, 1.807) is 11.8 Å². The van der Waals surface area contributed by atoms with Crippen molar-refractivity contribution < 1.29 is 9.90 Å². The average Bonchev–Trinajstić information content (AvgIpc) is 2.77. The van der Waals surface area contributed by atoms with E-state index in [2.05, 4.69) is 19.2 Å². The molecule has 3 unspecified atom stereocenters. The summed E-state index contributed by atoms with van der Waals surface area (Å²) in [6.45, 7) is 6.28. The van der Waals surface area contributed by atoms with Crippen LogP contribution in [0.1, 0.15) is 27.2 Å². The second kappa shape index (κ2) is 4.74. The summed E-state index contributed by atoms with van der Waals surface area (Å²) in [5, 5.41) is 12.2. The molecule has 0 radical (unpaired) electrons. The van der Waals surface area contributed by atoms with Gasteiger partial charge in [-0.05, 0) is 25.0 Å². The van der Waals surface area contributed by atoms with Gasteiger partial charge >= 0.3 is 0 Å². The molecule has 0 aromatic heterocycles. The number of hydrogen-bond donors (Lipinski definition) is 2. The Hall–Kier alpha value is -0.220. The number of thioether (sulfide) groups is 1. The van der Waals surface area contributed by atoms with Crippen LogP contribution in [0.2, 0.25) is 0 Å². The first-order valence-corrected chi connectivity index (χ1v) is 6.65. The van der Waals surface area contributed by atoms with Crippen LogP contribution in [0.5, 0.6) is 0 Å². The van der Waals surface area contributed by atoms with Crippen molar-refractivity contribution in [2.75, 3.05) is 12.9 Å². The number of amides is 1. The summed E-state index contributed by atoms with van der Waals surface area (Å²) in [5.41, 5.74) is 0.178. The summed E-state index contributed by atoms with van der Waals surface area (Å²) in [6.07, 6.45) is 2.93. The number of aliphatic hydroxyl groups excluding tert-OH is 1. The van der Waals surface area contributed by atoms with Gasteiger partial charge in [-0.2, -0.15) is 11.8 Å². The number of hydrogen-bond acceptors (Lipinski definition) is 3. The molecule has 2 N–H and O–H groups in total. The highest BCUT2D eigenvalue weighted by molar-refractivity contribution is 7.99. The lowest BCUT2D eigenvalue weighted by Crippen LogP contribution is -2.42. The van der Waals surface area contributed by atoms with Crippen LogP contribution in [0, 0.1) is 11.3 Å². The molecule has 0 spiro atoms. The van der Waals surface area contributed by atoms with Gasteiger partial charge in [0.05, 0.1) is 6.61 Å². The molecule has 0 aromatic rings. The molecule has 1 saturated carbocycles. The first-order chi connectivity index (χ1) is 6.92. The fourth-order valence-corrected chi connectivity index (χ4v) is 2.39. The molecule has 3 nitrogen and oxygen atoms in total. The largest absolute Gasteiger partial charge is 0.395 e. The van der Waals surface area contributed by atoms with Crippen LogP contribution in [0.3, 0.4) is 0 Å². The maximum atomic E-state index is 11.8. The van der Waals surface area contributed by atoms with Crippen LogP contribution in [-0.2, 0) is 4.79 Å². The normalized spacial score (nSPS) is 26.9. The van der Waals surface area contributed by atoms with Gasteiger partial charge in [0.25, 0.3) is 0 Å². The third-order valence-electron chi connectivity index (χ3n) is 3.24. The lowest BCUT2D eigenvalue weighted by Gasteiger charge is -2.21. The van der Waals surface area contributed by atoms with E-state index in [4.69, 9.17) is 5.11 Å². The molecule has 1 rings (SSSR count). The van der Waals surface area contributed by atoms with Crippen molar-refractivity contribution in [1.82, 2.24) is 5.32 Å². The molecule has 4 heteroatoms. The van der Waals surface area contributed by atoms with Crippen LogP contribution < -0.4 is 5.32 Å². The monoisotopic (exact) mass is 231 g/mol. The van der Waals surface area contributed by atoms with Gasteiger partial charge in [-0.3, -0.25) is 4.79 Å². The molecule has 0 bridgehead atoms. The number of aliphatic hydroxyl groups is 1. The fourth-order valence-electron chi connectivity index (χ4n) is 1.77. The van der Waals surface area contributed by atoms with E-state index in [-0.39, 0.29) is 35.1 Å². The number of rotatable bonds is 5. The van der Waals surface area contributed by atoms with Crippen molar-refractivity contribution in [2.45, 2.75) is 38.5 Å². The molecule has 1 aliphatic rings. The first-order valence-electron chi connectivity index (χ1n) is 5.36. The van der Waals surface area contributed by atoms with Crippen molar-refractivity contribution in [3.05, 3.63) is 0 Å². The van der Waals surface area contributed by atoms with E-state index in [0.29, 0.717) is 0 Å². The molecule has 88 valence electrons. The Balaban J connectivity index is 2.38. The van der Waals surface area contributed by atoms with Gasteiger partial charge < -0.3 is 10.4 Å². The van der Waals surface area contributed by atoms with Crippen molar-refractivity contribution in [3.63, 3.8) is 0 Å². The van der Waals surface area contributed by atoms with Gasteiger partial charge in [-0.15, -0.1) is 0 Å². The predicted molar refractivity (Wildman–Crippen MR) is 63.9 cm³/mol. The second-order valence-corrected chi connectivity index (χ2v) is 6.08. The van der Waals surface area contributed by atoms with Crippen molar-refractivity contribution in [2.24, 2.45) is 11.3 Å². The van der Waals surface area contributed by atoms with Gasteiger partial charge in [-0.1, -0.05) is 13.8 Å². The van der Waals surface area contributed by atoms with Crippen LogP contribution >= 0.6 is 11.8 Å². The Kier molecular flexibility index (Phi) is 4.06. The molecule has 0 aromatic carbocycles. The minimum absolute atomic E-state index is 0.0360. The van der Waals surface area contributed by atoms with Crippen LogP contribution in [0.25, 0.3) is 0 Å². The van der Waals surface area contributed by atoms with Crippen molar-refractivity contribution >= 4 is 17.7 Å². The smallest absolute Gasteiger partial charge is 0.223 e. The highest BCUT2D eigenvalue weighted by Gasteiger charge is 2.50. The predicted octanol–water partition coefficient (Wildman–Crippen LogP) is 1.26. The lowest BCUT2D eigenvalue weighted by atomic mass is 10.1. The Labute approximate surface area is 96.0 Å². The average molecular weight is 231 g/mol. The molecule has 15 heavy (non-hydrogen) atoms. The highest BCUT2D eigenvalue weighted by Crippen LogP contribution is 2.51. The summed E-state index contributed by atoms with van der Waals surface area (Å²) in [7, 11) is 0. The summed E-state index contributed by atoms with van der Waals surface area (Å²) in [6, 6.07) is 0.0360.